The molecular formula is C21H24ClN3O2. The molecule has 1 saturated heterocycles. The lowest BCUT2D eigenvalue weighted by molar-refractivity contribution is -0.128. The number of nitrogens with one attached hydrogen (secondary N) is 1. The standard InChI is InChI=1S/C21H24ClN3O2/c1-15(17-8-10-18(22)11-9-17)24(2)21(27)23-19-6-3-5-16(13-19)14-25-12-4-7-20(25)26/h3,5-6,8-11,13,15H,4,7,12,14H2,1-2H3,(H,23,27)/t15-/m1/s1. The van der Waals surface area contributed by atoms with Crippen LogP contribution >= 0.6 is 11.6 Å². The number of likely N-dealkylation sites (tertiary alicyclic amines) is 1. The molecule has 2 aromatic rings. The summed E-state index contributed by atoms with van der Waals surface area (Å²) in [5.74, 6) is 0.195. The minimum atomic E-state index is -0.188. The molecule has 3 rings (SSSR count). The lowest BCUT2D eigenvalue weighted by Crippen LogP contribution is -2.33. The zero-order valence-corrected chi connectivity index (χ0v) is 16.4. The lowest BCUT2D eigenvalue weighted by atomic mass is 10.1. The van der Waals surface area contributed by atoms with Crippen molar-refractivity contribution >= 4 is 29.2 Å². The molecule has 0 bridgehead atoms. The molecule has 1 heterocycles. The van der Waals surface area contributed by atoms with Crippen molar-refractivity contribution in [2.45, 2.75) is 32.4 Å². The number of carbonyl (C=O) groups excluding carboxylic acids is 2. The summed E-state index contributed by atoms with van der Waals surface area (Å²) in [5.41, 5.74) is 2.74. The van der Waals surface area contributed by atoms with Crippen molar-refractivity contribution in [3.8, 4) is 0 Å². The van der Waals surface area contributed by atoms with Gasteiger partial charge in [-0.15, -0.1) is 0 Å². The number of benzene rings is 2. The summed E-state index contributed by atoms with van der Waals surface area (Å²) in [7, 11) is 1.77. The molecule has 27 heavy (non-hydrogen) atoms. The smallest absolute Gasteiger partial charge is 0.322 e. The van der Waals surface area contributed by atoms with Crippen LogP contribution in [-0.4, -0.2) is 35.3 Å². The van der Waals surface area contributed by atoms with E-state index < -0.39 is 0 Å². The van der Waals surface area contributed by atoms with E-state index in [1.54, 1.807) is 11.9 Å². The van der Waals surface area contributed by atoms with Gasteiger partial charge in [-0.25, -0.2) is 4.79 Å². The van der Waals surface area contributed by atoms with Crippen LogP contribution in [0, 0.1) is 0 Å². The van der Waals surface area contributed by atoms with Crippen molar-refractivity contribution < 1.29 is 9.59 Å². The first-order valence-corrected chi connectivity index (χ1v) is 9.48. The number of hydrogen-bond acceptors (Lipinski definition) is 2. The molecule has 0 saturated carbocycles. The molecule has 0 aliphatic carbocycles. The average Bonchev–Trinajstić information content (AvgIpc) is 3.06. The maximum atomic E-state index is 12.6. The molecule has 0 spiro atoms. The summed E-state index contributed by atoms with van der Waals surface area (Å²) in [6.45, 7) is 3.36. The fraction of sp³-hybridized carbons (Fsp3) is 0.333. The number of rotatable bonds is 5. The largest absolute Gasteiger partial charge is 0.338 e. The Hall–Kier alpha value is -2.53. The van der Waals surface area contributed by atoms with Crippen LogP contribution in [0.4, 0.5) is 10.5 Å². The molecule has 0 unspecified atom stereocenters. The lowest BCUT2D eigenvalue weighted by Gasteiger charge is -2.26. The third-order valence-corrected chi connectivity index (χ3v) is 5.23. The summed E-state index contributed by atoms with van der Waals surface area (Å²) < 4.78 is 0. The van der Waals surface area contributed by atoms with Gasteiger partial charge in [-0.1, -0.05) is 35.9 Å². The molecule has 1 atom stereocenters. The quantitative estimate of drug-likeness (QED) is 0.811. The van der Waals surface area contributed by atoms with E-state index in [0.29, 0.717) is 18.0 Å². The van der Waals surface area contributed by atoms with Crippen LogP contribution in [0.1, 0.15) is 36.9 Å². The van der Waals surface area contributed by atoms with Crippen molar-refractivity contribution in [2.75, 3.05) is 18.9 Å². The van der Waals surface area contributed by atoms with Gasteiger partial charge in [0.25, 0.3) is 0 Å². The van der Waals surface area contributed by atoms with E-state index in [1.807, 2.05) is 60.4 Å². The second-order valence-corrected chi connectivity index (χ2v) is 7.32. The van der Waals surface area contributed by atoms with E-state index in [0.717, 1.165) is 29.8 Å². The van der Waals surface area contributed by atoms with Gasteiger partial charge >= 0.3 is 6.03 Å². The minimum absolute atomic E-state index is 0.0901. The Kier molecular flexibility index (Phi) is 6.01. The highest BCUT2D eigenvalue weighted by Crippen LogP contribution is 2.22. The van der Waals surface area contributed by atoms with Crippen LogP contribution in [0.3, 0.4) is 0 Å². The van der Waals surface area contributed by atoms with Crippen molar-refractivity contribution in [2.24, 2.45) is 0 Å². The first kappa shape index (κ1) is 19.2. The van der Waals surface area contributed by atoms with Gasteiger partial charge in [-0.3, -0.25) is 4.79 Å². The number of nitrogens with zero attached hydrogens (tertiary/aromatic N) is 2. The molecule has 1 aliphatic heterocycles. The maximum absolute atomic E-state index is 12.6. The third-order valence-electron chi connectivity index (χ3n) is 4.98. The van der Waals surface area contributed by atoms with Gasteiger partial charge in [0.1, 0.15) is 0 Å². The van der Waals surface area contributed by atoms with Gasteiger partial charge in [-0.05, 0) is 48.7 Å². The second kappa shape index (κ2) is 8.44. The Labute approximate surface area is 164 Å². The molecule has 1 aliphatic rings. The normalized spacial score (nSPS) is 14.9. The SMILES string of the molecule is C[C@H](c1ccc(Cl)cc1)N(C)C(=O)Nc1cccc(CN2CCCC2=O)c1. The topological polar surface area (TPSA) is 52.7 Å². The zero-order chi connectivity index (χ0) is 19.4. The number of urea groups is 1. The predicted octanol–water partition coefficient (Wildman–Crippen LogP) is 4.69. The Balaban J connectivity index is 1.63. The number of amides is 3. The molecule has 2 aromatic carbocycles. The number of halogens is 1. The van der Waals surface area contributed by atoms with E-state index in [9.17, 15) is 9.59 Å². The number of carbonyl (C=O) groups is 2. The van der Waals surface area contributed by atoms with Crippen LogP contribution in [0.2, 0.25) is 5.02 Å². The molecule has 1 N–H and O–H groups in total. The maximum Gasteiger partial charge on any atom is 0.322 e. The van der Waals surface area contributed by atoms with E-state index in [1.165, 1.54) is 0 Å². The minimum Gasteiger partial charge on any atom is -0.338 e. The van der Waals surface area contributed by atoms with Crippen molar-refractivity contribution in [3.05, 3.63) is 64.7 Å². The van der Waals surface area contributed by atoms with Crippen molar-refractivity contribution in [1.82, 2.24) is 9.80 Å². The summed E-state index contributed by atoms with van der Waals surface area (Å²) >= 11 is 5.93. The zero-order valence-electron chi connectivity index (χ0n) is 15.6. The van der Waals surface area contributed by atoms with E-state index in [2.05, 4.69) is 5.32 Å². The second-order valence-electron chi connectivity index (χ2n) is 6.89. The average molecular weight is 386 g/mol. The van der Waals surface area contributed by atoms with Crippen molar-refractivity contribution in [3.63, 3.8) is 0 Å². The highest BCUT2D eigenvalue weighted by atomic mass is 35.5. The monoisotopic (exact) mass is 385 g/mol. The van der Waals surface area contributed by atoms with Gasteiger partial charge < -0.3 is 15.1 Å². The van der Waals surface area contributed by atoms with Gasteiger partial charge in [0.2, 0.25) is 5.91 Å². The van der Waals surface area contributed by atoms with Gasteiger partial charge in [0.05, 0.1) is 6.04 Å². The third kappa shape index (κ3) is 4.80. The molecule has 3 amide bonds. The summed E-state index contributed by atoms with van der Waals surface area (Å²) in [4.78, 5) is 27.9. The number of anilines is 1. The molecule has 142 valence electrons. The molecule has 0 radical (unpaired) electrons. The predicted molar refractivity (Wildman–Crippen MR) is 108 cm³/mol. The van der Waals surface area contributed by atoms with Gasteiger partial charge in [0.15, 0.2) is 0 Å². The van der Waals surface area contributed by atoms with Crippen LogP contribution in [0.25, 0.3) is 0 Å². The van der Waals surface area contributed by atoms with Crippen LogP contribution in [0.15, 0.2) is 48.5 Å². The van der Waals surface area contributed by atoms with E-state index in [4.69, 9.17) is 11.6 Å². The summed E-state index contributed by atoms with van der Waals surface area (Å²) in [6, 6.07) is 14.9. The molecule has 6 heteroatoms. The fourth-order valence-corrected chi connectivity index (χ4v) is 3.32. The summed E-state index contributed by atoms with van der Waals surface area (Å²) in [5, 5.41) is 3.61. The Bertz CT molecular complexity index is 822. The Morgan fingerprint density at radius 3 is 2.67 bits per heavy atom. The highest BCUT2D eigenvalue weighted by molar-refractivity contribution is 6.30. The Morgan fingerprint density at radius 2 is 2.00 bits per heavy atom. The van der Waals surface area contributed by atoms with Gasteiger partial charge in [0, 0.05) is 37.3 Å². The first-order chi connectivity index (χ1) is 12.9. The first-order valence-electron chi connectivity index (χ1n) is 9.10. The molecule has 5 nitrogen and oxygen atoms in total. The van der Waals surface area contributed by atoms with Crippen LogP contribution in [0.5, 0.6) is 0 Å². The van der Waals surface area contributed by atoms with E-state index >= 15 is 0 Å². The summed E-state index contributed by atoms with van der Waals surface area (Å²) in [6.07, 6.45) is 1.55. The van der Waals surface area contributed by atoms with Gasteiger partial charge in [-0.2, -0.15) is 0 Å². The molecule has 0 aromatic heterocycles. The fourth-order valence-electron chi connectivity index (χ4n) is 3.19. The van der Waals surface area contributed by atoms with Crippen LogP contribution in [-0.2, 0) is 11.3 Å². The van der Waals surface area contributed by atoms with Crippen LogP contribution < -0.4 is 5.32 Å². The number of hydrogen-bond donors (Lipinski definition) is 1. The Morgan fingerprint density at radius 1 is 1.26 bits per heavy atom. The van der Waals surface area contributed by atoms with E-state index in [-0.39, 0.29) is 18.0 Å². The molecule has 1 fully saturated rings. The highest BCUT2D eigenvalue weighted by Gasteiger charge is 2.21. The van der Waals surface area contributed by atoms with Crippen molar-refractivity contribution in [1.29, 1.82) is 0 Å². The molecular weight excluding hydrogens is 362 g/mol.